The number of nitrogens with zero attached hydrogens (tertiary/aromatic N) is 6. The van der Waals surface area contributed by atoms with Crippen LogP contribution in [0.25, 0.3) is 22.5 Å². The third kappa shape index (κ3) is 4.60. The molecule has 6 rings (SSSR count). The van der Waals surface area contributed by atoms with E-state index in [2.05, 4.69) is 30.6 Å². The molecule has 6 heterocycles. The number of amides is 1. The highest BCUT2D eigenvalue weighted by atomic mass is 16.5. The van der Waals surface area contributed by atoms with Crippen LogP contribution in [0, 0.1) is 0 Å². The molecular formula is C25H29N9O3. The molecule has 0 saturated carbocycles. The van der Waals surface area contributed by atoms with Crippen LogP contribution in [-0.2, 0) is 11.8 Å². The zero-order chi connectivity index (χ0) is 25.4. The van der Waals surface area contributed by atoms with Gasteiger partial charge in [0.15, 0.2) is 5.58 Å². The van der Waals surface area contributed by atoms with Crippen molar-refractivity contribution in [2.45, 2.75) is 24.9 Å². The number of piperidine rings is 1. The zero-order valence-electron chi connectivity index (χ0n) is 20.6. The van der Waals surface area contributed by atoms with Gasteiger partial charge in [0.1, 0.15) is 11.6 Å². The molecule has 1 amide bonds. The van der Waals surface area contributed by atoms with Crippen LogP contribution in [0.5, 0.6) is 0 Å². The topological polar surface area (TPSA) is 149 Å². The maximum Gasteiger partial charge on any atom is 0.297 e. The Kier molecular flexibility index (Phi) is 5.97. The van der Waals surface area contributed by atoms with Crippen molar-refractivity contribution < 1.29 is 13.9 Å². The highest BCUT2D eigenvalue weighted by Crippen LogP contribution is 2.38. The second-order valence-corrected chi connectivity index (χ2v) is 9.45. The average molecular weight is 504 g/mol. The van der Waals surface area contributed by atoms with Gasteiger partial charge >= 0.3 is 0 Å². The SMILES string of the molecule is Cn1cc(-c2cccc(NC(=O)c3cc4oc(NCCN)nc4nc3N3CCC4(CCO4)CC3)n2)cn1. The molecule has 0 radical (unpaired) electrons. The van der Waals surface area contributed by atoms with Gasteiger partial charge in [-0.1, -0.05) is 6.07 Å². The number of nitrogens with one attached hydrogen (secondary N) is 2. The third-order valence-corrected chi connectivity index (χ3v) is 6.96. The lowest BCUT2D eigenvalue weighted by atomic mass is 9.84. The van der Waals surface area contributed by atoms with E-state index in [0.717, 1.165) is 44.5 Å². The van der Waals surface area contributed by atoms with Gasteiger partial charge in [0, 0.05) is 51.1 Å². The minimum Gasteiger partial charge on any atom is -0.422 e. The first-order valence-electron chi connectivity index (χ1n) is 12.4. The number of nitrogens with two attached hydrogens (primary N) is 1. The Balaban J connectivity index is 1.31. The second kappa shape index (κ2) is 9.45. The van der Waals surface area contributed by atoms with Crippen LogP contribution < -0.4 is 21.3 Å². The van der Waals surface area contributed by atoms with Gasteiger partial charge in [0.25, 0.3) is 11.9 Å². The maximum absolute atomic E-state index is 13.6. The molecule has 0 unspecified atom stereocenters. The van der Waals surface area contributed by atoms with Gasteiger partial charge in [-0.05, 0) is 31.4 Å². The lowest BCUT2D eigenvalue weighted by Gasteiger charge is -2.48. The molecule has 0 aliphatic carbocycles. The summed E-state index contributed by atoms with van der Waals surface area (Å²) in [4.78, 5) is 29.5. The predicted octanol–water partition coefficient (Wildman–Crippen LogP) is 2.40. The highest BCUT2D eigenvalue weighted by molar-refractivity contribution is 6.08. The van der Waals surface area contributed by atoms with E-state index in [0.29, 0.717) is 53.2 Å². The molecule has 1 spiro atoms. The van der Waals surface area contributed by atoms with E-state index in [1.54, 1.807) is 23.0 Å². The van der Waals surface area contributed by atoms with Crippen LogP contribution in [0.3, 0.4) is 0 Å². The minimum absolute atomic E-state index is 0.0210. The van der Waals surface area contributed by atoms with E-state index >= 15 is 0 Å². The fraction of sp³-hybridized carbons (Fsp3) is 0.400. The Labute approximate surface area is 213 Å². The van der Waals surface area contributed by atoms with Gasteiger partial charge in [-0.25, -0.2) is 9.97 Å². The van der Waals surface area contributed by atoms with Crippen LogP contribution in [-0.4, -0.2) is 69.0 Å². The van der Waals surface area contributed by atoms with Gasteiger partial charge in [-0.15, -0.1) is 0 Å². The molecule has 12 heteroatoms. The summed E-state index contributed by atoms with van der Waals surface area (Å²) >= 11 is 0. The maximum atomic E-state index is 13.6. The molecule has 37 heavy (non-hydrogen) atoms. The van der Waals surface area contributed by atoms with Crippen molar-refractivity contribution in [1.29, 1.82) is 0 Å². The quantitative estimate of drug-likeness (QED) is 0.343. The minimum atomic E-state index is -0.326. The molecule has 2 aliphatic heterocycles. The predicted molar refractivity (Wildman–Crippen MR) is 138 cm³/mol. The summed E-state index contributed by atoms with van der Waals surface area (Å²) in [5, 5.41) is 10.2. The fourth-order valence-corrected chi connectivity index (χ4v) is 4.83. The van der Waals surface area contributed by atoms with E-state index in [1.807, 2.05) is 25.4 Å². The molecule has 2 saturated heterocycles. The van der Waals surface area contributed by atoms with Gasteiger partial charge in [0.05, 0.1) is 29.7 Å². The third-order valence-electron chi connectivity index (χ3n) is 6.96. The lowest BCUT2D eigenvalue weighted by molar-refractivity contribution is -0.158. The molecule has 12 nitrogen and oxygen atoms in total. The van der Waals surface area contributed by atoms with Gasteiger partial charge in [-0.3, -0.25) is 9.48 Å². The number of anilines is 3. The summed E-state index contributed by atoms with van der Waals surface area (Å²) in [6.45, 7) is 3.25. The number of aryl methyl sites for hydroxylation is 1. The summed E-state index contributed by atoms with van der Waals surface area (Å²) in [5.41, 5.74) is 8.39. The van der Waals surface area contributed by atoms with E-state index in [9.17, 15) is 4.79 Å². The molecule has 0 aromatic carbocycles. The number of carbonyl (C=O) groups excluding carboxylic acids is 1. The summed E-state index contributed by atoms with van der Waals surface area (Å²) in [7, 11) is 1.85. The van der Waals surface area contributed by atoms with E-state index in [-0.39, 0.29) is 11.5 Å². The zero-order valence-corrected chi connectivity index (χ0v) is 20.6. The van der Waals surface area contributed by atoms with Crippen molar-refractivity contribution in [2.75, 3.05) is 48.3 Å². The smallest absolute Gasteiger partial charge is 0.297 e. The number of pyridine rings is 2. The number of oxazole rings is 1. The number of aromatic nitrogens is 5. The second-order valence-electron chi connectivity index (χ2n) is 9.45. The van der Waals surface area contributed by atoms with Gasteiger partial charge in [-0.2, -0.15) is 10.1 Å². The first kappa shape index (κ1) is 23.4. The first-order valence-corrected chi connectivity index (χ1v) is 12.4. The fourth-order valence-electron chi connectivity index (χ4n) is 4.83. The summed E-state index contributed by atoms with van der Waals surface area (Å²) in [6, 6.07) is 7.50. The Morgan fingerprint density at radius 1 is 1.19 bits per heavy atom. The molecule has 4 N–H and O–H groups in total. The molecular weight excluding hydrogens is 474 g/mol. The van der Waals surface area contributed by atoms with Crippen molar-refractivity contribution >= 4 is 34.8 Å². The molecule has 2 aliphatic rings. The molecule has 2 fully saturated rings. The number of fused-ring (bicyclic) bond motifs is 1. The van der Waals surface area contributed by atoms with Crippen LogP contribution in [0.15, 0.2) is 41.1 Å². The van der Waals surface area contributed by atoms with Crippen molar-refractivity contribution in [3.8, 4) is 11.3 Å². The summed E-state index contributed by atoms with van der Waals surface area (Å²) < 4.78 is 13.4. The molecule has 4 aromatic rings. The highest BCUT2D eigenvalue weighted by Gasteiger charge is 2.42. The van der Waals surface area contributed by atoms with E-state index in [1.165, 1.54) is 0 Å². The number of ether oxygens (including phenoxy) is 1. The van der Waals surface area contributed by atoms with Crippen molar-refractivity contribution in [1.82, 2.24) is 24.7 Å². The Hall–Kier alpha value is -4.03. The normalized spacial score (nSPS) is 16.6. The van der Waals surface area contributed by atoms with E-state index < -0.39 is 0 Å². The van der Waals surface area contributed by atoms with Crippen molar-refractivity contribution in [2.24, 2.45) is 12.8 Å². The van der Waals surface area contributed by atoms with E-state index in [4.69, 9.17) is 19.9 Å². The standard InChI is InChI=1S/C25H29N9O3/c1-33-15-16(14-28-33)18-3-2-4-20(29-18)30-23(35)17-13-19-21(32-24(37-19)27-9-8-26)31-22(17)34-10-5-25(6-11-34)7-12-36-25/h2-4,13-15H,5-12,26H2,1H3,(H,27,31,32)(H,29,30,35). The number of hydrogen-bond donors (Lipinski definition) is 3. The largest absolute Gasteiger partial charge is 0.422 e. The molecule has 4 aromatic heterocycles. The Bertz CT molecular complexity index is 1430. The van der Waals surface area contributed by atoms with Gasteiger partial charge in [0.2, 0.25) is 5.65 Å². The average Bonchev–Trinajstić information content (AvgIpc) is 3.51. The van der Waals surface area contributed by atoms with Crippen molar-refractivity contribution in [3.05, 3.63) is 42.2 Å². The van der Waals surface area contributed by atoms with Crippen LogP contribution >= 0.6 is 0 Å². The van der Waals surface area contributed by atoms with Crippen molar-refractivity contribution in [3.63, 3.8) is 0 Å². The Morgan fingerprint density at radius 3 is 2.73 bits per heavy atom. The van der Waals surface area contributed by atoms with Crippen LogP contribution in [0.1, 0.15) is 29.6 Å². The van der Waals surface area contributed by atoms with Crippen LogP contribution in [0.4, 0.5) is 17.7 Å². The molecule has 192 valence electrons. The summed E-state index contributed by atoms with van der Waals surface area (Å²) in [6.07, 6.45) is 6.48. The number of rotatable bonds is 7. The lowest BCUT2D eigenvalue weighted by Crippen LogP contribution is -2.52. The molecule has 0 atom stereocenters. The summed E-state index contributed by atoms with van der Waals surface area (Å²) in [5.74, 6) is 0.676. The number of hydrogen-bond acceptors (Lipinski definition) is 10. The molecule has 0 bridgehead atoms. The van der Waals surface area contributed by atoms with Gasteiger partial charge < -0.3 is 30.4 Å². The number of carbonyl (C=O) groups is 1. The monoisotopic (exact) mass is 503 g/mol. The van der Waals surface area contributed by atoms with Crippen LogP contribution in [0.2, 0.25) is 0 Å². The first-order chi connectivity index (χ1) is 18.0. The Morgan fingerprint density at radius 2 is 2.03 bits per heavy atom.